The molecule has 0 unspecified atom stereocenters. The van der Waals surface area contributed by atoms with Gasteiger partial charge in [0, 0.05) is 22.7 Å². The van der Waals surface area contributed by atoms with Gasteiger partial charge < -0.3 is 9.84 Å². The van der Waals surface area contributed by atoms with E-state index in [0.717, 1.165) is 17.0 Å². The Labute approximate surface area is 180 Å². The molecule has 0 aromatic heterocycles. The average molecular weight is 448 g/mol. The summed E-state index contributed by atoms with van der Waals surface area (Å²) in [5.74, 6) is -1.82. The molecule has 1 heterocycles. The maximum atomic E-state index is 13.1. The lowest BCUT2D eigenvalue weighted by molar-refractivity contribution is -0.385. The highest BCUT2D eigenvalue weighted by atomic mass is 35.5. The normalized spacial score (nSPS) is 15.3. The lowest BCUT2D eigenvalue weighted by Crippen LogP contribution is -2.54. The number of thiocarbonyl (C=S) groups is 1. The second kappa shape index (κ2) is 8.47. The maximum absolute atomic E-state index is 13.1. The summed E-state index contributed by atoms with van der Waals surface area (Å²) in [6, 6.07) is 8.69. The minimum atomic E-state index is -0.827. The van der Waals surface area contributed by atoms with Crippen molar-refractivity contribution in [2.45, 2.75) is 6.92 Å². The molecule has 1 saturated heterocycles. The van der Waals surface area contributed by atoms with Gasteiger partial charge in [0.25, 0.3) is 11.8 Å². The predicted molar refractivity (Wildman–Crippen MR) is 114 cm³/mol. The van der Waals surface area contributed by atoms with Crippen LogP contribution >= 0.6 is 23.8 Å². The van der Waals surface area contributed by atoms with E-state index in [1.165, 1.54) is 6.07 Å². The van der Waals surface area contributed by atoms with Crippen LogP contribution in [0.5, 0.6) is 11.5 Å². The number of nitrogens with zero attached hydrogens (tertiary/aromatic N) is 2. The van der Waals surface area contributed by atoms with Gasteiger partial charge in [-0.2, -0.15) is 0 Å². The summed E-state index contributed by atoms with van der Waals surface area (Å²) in [5.41, 5.74) is -0.862. The molecule has 0 saturated carbocycles. The molecule has 2 aromatic carbocycles. The largest absolute Gasteiger partial charge is 0.502 e. The van der Waals surface area contributed by atoms with Gasteiger partial charge in [0.15, 0.2) is 5.11 Å². The number of nitrogens with one attached hydrogen (secondary N) is 1. The summed E-state index contributed by atoms with van der Waals surface area (Å²) in [6.45, 7) is 2.22. The molecule has 2 N–H and O–H groups in total. The van der Waals surface area contributed by atoms with Gasteiger partial charge in [0.1, 0.15) is 11.3 Å². The first-order valence-electron chi connectivity index (χ1n) is 8.54. The second-order valence-corrected chi connectivity index (χ2v) is 6.83. The molecule has 0 atom stereocenters. The number of phenolic OH excluding ortho intramolecular Hbond substituents is 1. The van der Waals surface area contributed by atoms with Crippen LogP contribution < -0.4 is 15.0 Å². The number of nitro benzene ring substituents is 1. The van der Waals surface area contributed by atoms with E-state index < -0.39 is 33.7 Å². The zero-order valence-electron chi connectivity index (χ0n) is 15.4. The minimum Gasteiger partial charge on any atom is -0.502 e. The van der Waals surface area contributed by atoms with E-state index in [1.807, 2.05) is 0 Å². The van der Waals surface area contributed by atoms with Gasteiger partial charge in [-0.25, -0.2) is 0 Å². The molecule has 0 radical (unpaired) electrons. The average Bonchev–Trinajstić information content (AvgIpc) is 2.67. The van der Waals surface area contributed by atoms with Crippen molar-refractivity contribution in [3.05, 3.63) is 62.7 Å². The molecule has 0 bridgehead atoms. The van der Waals surface area contributed by atoms with Crippen LogP contribution in [0, 0.1) is 10.1 Å². The van der Waals surface area contributed by atoms with Crippen molar-refractivity contribution < 1.29 is 24.4 Å². The Hall–Kier alpha value is -3.50. The van der Waals surface area contributed by atoms with E-state index in [4.69, 9.17) is 28.6 Å². The number of hydrogen-bond donors (Lipinski definition) is 2. The summed E-state index contributed by atoms with van der Waals surface area (Å²) in [4.78, 5) is 36.8. The van der Waals surface area contributed by atoms with Crippen molar-refractivity contribution in [2.24, 2.45) is 0 Å². The fourth-order valence-corrected chi connectivity index (χ4v) is 3.28. The Morgan fingerprint density at radius 1 is 1.33 bits per heavy atom. The first kappa shape index (κ1) is 21.2. The summed E-state index contributed by atoms with van der Waals surface area (Å²) in [6.07, 6.45) is 1.02. The van der Waals surface area contributed by atoms with Crippen molar-refractivity contribution in [1.82, 2.24) is 5.32 Å². The molecular weight excluding hydrogens is 434 g/mol. The Morgan fingerprint density at radius 2 is 2.07 bits per heavy atom. The number of aromatic hydroxyl groups is 1. The topological polar surface area (TPSA) is 122 Å². The van der Waals surface area contributed by atoms with E-state index >= 15 is 0 Å². The zero-order chi connectivity index (χ0) is 22.0. The Kier molecular flexibility index (Phi) is 5.99. The van der Waals surface area contributed by atoms with Crippen LogP contribution in [0.4, 0.5) is 11.4 Å². The standard InChI is InChI=1S/C19H14ClN3O6S/c1-2-29-13-5-3-4-12(9-13)22-18(26)14(17(25)21-19(22)30)7-10-6-11(20)8-15(16(10)24)23(27)28/h3-9,24H,2H2,1H3,(H,21,25,30)/b14-7-. The van der Waals surface area contributed by atoms with Gasteiger partial charge in [0.05, 0.1) is 17.2 Å². The van der Waals surface area contributed by atoms with Crippen LogP contribution in [0.2, 0.25) is 5.02 Å². The molecule has 11 heteroatoms. The van der Waals surface area contributed by atoms with Gasteiger partial charge in [-0.15, -0.1) is 0 Å². The van der Waals surface area contributed by atoms with Crippen molar-refractivity contribution in [3.8, 4) is 11.5 Å². The van der Waals surface area contributed by atoms with Crippen molar-refractivity contribution >= 4 is 58.2 Å². The lowest BCUT2D eigenvalue weighted by atomic mass is 10.1. The fraction of sp³-hybridized carbons (Fsp3) is 0.105. The molecular formula is C19H14ClN3O6S. The molecule has 0 aliphatic carbocycles. The number of benzene rings is 2. The molecule has 2 aromatic rings. The SMILES string of the molecule is CCOc1cccc(N2C(=O)/C(=C\c3cc(Cl)cc([N+](=O)[O-])c3O)C(=O)NC2=S)c1. The van der Waals surface area contributed by atoms with Crippen molar-refractivity contribution in [3.63, 3.8) is 0 Å². The van der Waals surface area contributed by atoms with E-state index in [-0.39, 0.29) is 15.7 Å². The number of amides is 2. The van der Waals surface area contributed by atoms with Gasteiger partial charge >= 0.3 is 5.69 Å². The van der Waals surface area contributed by atoms with Crippen LogP contribution in [0.25, 0.3) is 6.08 Å². The molecule has 1 aliphatic rings. The number of hydrogen-bond acceptors (Lipinski definition) is 7. The van der Waals surface area contributed by atoms with Crippen molar-refractivity contribution in [2.75, 3.05) is 11.5 Å². The highest BCUT2D eigenvalue weighted by Gasteiger charge is 2.35. The van der Waals surface area contributed by atoms with Gasteiger partial charge in [-0.1, -0.05) is 17.7 Å². The molecule has 1 fully saturated rings. The van der Waals surface area contributed by atoms with Crippen LogP contribution in [0.3, 0.4) is 0 Å². The third-order valence-corrected chi connectivity index (χ3v) is 4.57. The van der Waals surface area contributed by atoms with E-state index in [2.05, 4.69) is 5.32 Å². The number of carbonyl (C=O) groups excluding carboxylic acids is 2. The summed E-state index contributed by atoms with van der Waals surface area (Å²) >= 11 is 11.0. The number of nitro groups is 1. The molecule has 1 aliphatic heterocycles. The monoisotopic (exact) mass is 447 g/mol. The number of carbonyl (C=O) groups is 2. The first-order chi connectivity index (χ1) is 14.2. The smallest absolute Gasteiger partial charge is 0.312 e. The molecule has 154 valence electrons. The molecule has 3 rings (SSSR count). The molecule has 2 amide bonds. The van der Waals surface area contributed by atoms with E-state index in [1.54, 1.807) is 31.2 Å². The third kappa shape index (κ3) is 4.09. The highest BCUT2D eigenvalue weighted by molar-refractivity contribution is 7.80. The Balaban J connectivity index is 2.07. The predicted octanol–water partition coefficient (Wildman–Crippen LogP) is 3.18. The number of ether oxygens (including phenoxy) is 1. The van der Waals surface area contributed by atoms with E-state index in [9.17, 15) is 24.8 Å². The maximum Gasteiger partial charge on any atom is 0.312 e. The quantitative estimate of drug-likeness (QED) is 0.237. The Morgan fingerprint density at radius 3 is 2.73 bits per heavy atom. The van der Waals surface area contributed by atoms with Gasteiger partial charge in [-0.3, -0.25) is 29.9 Å². The van der Waals surface area contributed by atoms with Crippen LogP contribution in [0.1, 0.15) is 12.5 Å². The number of rotatable bonds is 5. The number of anilines is 1. The molecule has 30 heavy (non-hydrogen) atoms. The number of halogens is 1. The summed E-state index contributed by atoms with van der Waals surface area (Å²) < 4.78 is 5.42. The summed E-state index contributed by atoms with van der Waals surface area (Å²) in [7, 11) is 0. The highest BCUT2D eigenvalue weighted by Crippen LogP contribution is 2.35. The zero-order valence-corrected chi connectivity index (χ0v) is 17.0. The fourth-order valence-electron chi connectivity index (χ4n) is 2.78. The van der Waals surface area contributed by atoms with Gasteiger partial charge in [-0.05, 0) is 43.4 Å². The Bertz CT molecular complexity index is 1120. The minimum absolute atomic E-state index is 0.0493. The van der Waals surface area contributed by atoms with Crippen molar-refractivity contribution in [1.29, 1.82) is 0 Å². The van der Waals surface area contributed by atoms with Crippen LogP contribution in [0.15, 0.2) is 42.0 Å². The summed E-state index contributed by atoms with van der Waals surface area (Å²) in [5, 5.41) is 23.5. The second-order valence-electron chi connectivity index (χ2n) is 6.01. The van der Waals surface area contributed by atoms with Crippen LogP contribution in [-0.4, -0.2) is 33.6 Å². The van der Waals surface area contributed by atoms with Gasteiger partial charge in [0.2, 0.25) is 5.75 Å². The third-order valence-electron chi connectivity index (χ3n) is 4.07. The molecule has 0 spiro atoms. The lowest BCUT2D eigenvalue weighted by Gasteiger charge is -2.29. The number of phenols is 1. The van der Waals surface area contributed by atoms with Crippen LogP contribution in [-0.2, 0) is 9.59 Å². The first-order valence-corrected chi connectivity index (χ1v) is 9.32. The van der Waals surface area contributed by atoms with E-state index in [0.29, 0.717) is 18.0 Å². The molecule has 9 nitrogen and oxygen atoms in total.